The molecular formula is C17H27NO. The molecule has 1 heterocycles. The average Bonchev–Trinajstić information content (AvgIpc) is 2.38. The Morgan fingerprint density at radius 2 is 2.05 bits per heavy atom. The standard InChI is InChI=1S/C17H27NO/c1-13(2)6-4-8-17(19)15-9-10-16-14(12-15)7-5-11-18(16)3/h9-10,12-13,17,19H,4-8,11H2,1-3H3. The SMILES string of the molecule is CC(C)CCCC(O)c1ccc2c(c1)CCCN2C. The van der Waals surface area contributed by atoms with Crippen LogP contribution in [0.1, 0.15) is 56.8 Å². The zero-order valence-corrected chi connectivity index (χ0v) is 12.5. The van der Waals surface area contributed by atoms with Crippen LogP contribution < -0.4 is 4.90 Å². The summed E-state index contributed by atoms with van der Waals surface area (Å²) in [6.45, 7) is 5.62. The number of aryl methyl sites for hydroxylation is 1. The highest BCUT2D eigenvalue weighted by atomic mass is 16.3. The summed E-state index contributed by atoms with van der Waals surface area (Å²) < 4.78 is 0. The van der Waals surface area contributed by atoms with Crippen LogP contribution in [0.15, 0.2) is 18.2 Å². The third kappa shape index (κ3) is 3.73. The van der Waals surface area contributed by atoms with Crippen molar-refractivity contribution in [2.75, 3.05) is 18.5 Å². The van der Waals surface area contributed by atoms with Crippen LogP contribution in [0.4, 0.5) is 5.69 Å². The van der Waals surface area contributed by atoms with Crippen molar-refractivity contribution in [2.45, 2.75) is 52.1 Å². The van der Waals surface area contributed by atoms with Gasteiger partial charge in [-0.25, -0.2) is 0 Å². The second kappa shape index (κ2) is 6.42. The highest BCUT2D eigenvalue weighted by molar-refractivity contribution is 5.56. The summed E-state index contributed by atoms with van der Waals surface area (Å²) in [6.07, 6.45) is 5.26. The lowest BCUT2D eigenvalue weighted by Crippen LogP contribution is -2.24. The van der Waals surface area contributed by atoms with Crippen molar-refractivity contribution < 1.29 is 5.11 Å². The fraction of sp³-hybridized carbons (Fsp3) is 0.647. The first-order chi connectivity index (χ1) is 9.08. The molecular weight excluding hydrogens is 234 g/mol. The van der Waals surface area contributed by atoms with Gasteiger partial charge in [0, 0.05) is 19.3 Å². The van der Waals surface area contributed by atoms with Crippen LogP contribution in [0.25, 0.3) is 0 Å². The van der Waals surface area contributed by atoms with E-state index in [9.17, 15) is 5.11 Å². The molecule has 1 unspecified atom stereocenters. The van der Waals surface area contributed by atoms with Gasteiger partial charge in [0.05, 0.1) is 6.10 Å². The second-order valence-corrected chi connectivity index (χ2v) is 6.25. The van der Waals surface area contributed by atoms with Crippen molar-refractivity contribution in [3.63, 3.8) is 0 Å². The Kier molecular flexibility index (Phi) is 4.87. The third-order valence-corrected chi connectivity index (χ3v) is 4.10. The van der Waals surface area contributed by atoms with E-state index in [-0.39, 0.29) is 6.10 Å². The largest absolute Gasteiger partial charge is 0.388 e. The molecule has 0 aliphatic carbocycles. The van der Waals surface area contributed by atoms with Gasteiger partial charge >= 0.3 is 0 Å². The van der Waals surface area contributed by atoms with Gasteiger partial charge in [-0.05, 0) is 42.4 Å². The molecule has 106 valence electrons. The summed E-state index contributed by atoms with van der Waals surface area (Å²) in [5, 5.41) is 10.3. The van der Waals surface area contributed by atoms with Crippen LogP contribution in [0, 0.1) is 5.92 Å². The molecule has 0 amide bonds. The molecule has 1 aromatic rings. The molecule has 0 fully saturated rings. The van der Waals surface area contributed by atoms with Crippen LogP contribution in [-0.4, -0.2) is 18.7 Å². The maximum atomic E-state index is 10.3. The molecule has 1 atom stereocenters. The van der Waals surface area contributed by atoms with Crippen LogP contribution in [0.3, 0.4) is 0 Å². The first-order valence-corrected chi connectivity index (χ1v) is 7.60. The number of rotatable bonds is 5. The predicted octanol–water partition coefficient (Wildman–Crippen LogP) is 3.93. The number of nitrogens with zero attached hydrogens (tertiary/aromatic N) is 1. The number of hydrogen-bond acceptors (Lipinski definition) is 2. The minimum absolute atomic E-state index is 0.295. The normalized spacial score (nSPS) is 16.6. The molecule has 0 aromatic heterocycles. The van der Waals surface area contributed by atoms with E-state index in [2.05, 4.69) is 44.0 Å². The van der Waals surface area contributed by atoms with Crippen LogP contribution in [0.2, 0.25) is 0 Å². The molecule has 2 nitrogen and oxygen atoms in total. The van der Waals surface area contributed by atoms with Gasteiger partial charge in [0.15, 0.2) is 0 Å². The van der Waals surface area contributed by atoms with E-state index in [1.54, 1.807) is 0 Å². The van der Waals surface area contributed by atoms with Crippen molar-refractivity contribution in [1.82, 2.24) is 0 Å². The number of aliphatic hydroxyl groups excluding tert-OH is 1. The van der Waals surface area contributed by atoms with E-state index in [1.807, 2.05) is 0 Å². The fourth-order valence-corrected chi connectivity index (χ4v) is 2.90. The Bertz CT molecular complexity index is 414. The van der Waals surface area contributed by atoms with Crippen LogP contribution in [0.5, 0.6) is 0 Å². The lowest BCUT2D eigenvalue weighted by Gasteiger charge is -2.28. The Labute approximate surface area is 117 Å². The number of fused-ring (bicyclic) bond motifs is 1. The van der Waals surface area contributed by atoms with Crippen LogP contribution >= 0.6 is 0 Å². The van der Waals surface area contributed by atoms with Gasteiger partial charge in [0.25, 0.3) is 0 Å². The lowest BCUT2D eigenvalue weighted by atomic mass is 9.95. The molecule has 0 saturated heterocycles. The van der Waals surface area contributed by atoms with Gasteiger partial charge in [-0.15, -0.1) is 0 Å². The number of aliphatic hydroxyl groups is 1. The zero-order chi connectivity index (χ0) is 13.8. The molecule has 1 aliphatic rings. The van der Waals surface area contributed by atoms with E-state index in [4.69, 9.17) is 0 Å². The summed E-state index contributed by atoms with van der Waals surface area (Å²) in [5.74, 6) is 0.726. The van der Waals surface area contributed by atoms with Gasteiger partial charge in [-0.2, -0.15) is 0 Å². The summed E-state index contributed by atoms with van der Waals surface area (Å²) in [7, 11) is 2.15. The third-order valence-electron chi connectivity index (χ3n) is 4.10. The highest BCUT2D eigenvalue weighted by Gasteiger charge is 2.16. The van der Waals surface area contributed by atoms with E-state index < -0.39 is 0 Å². The molecule has 0 bridgehead atoms. The molecule has 0 saturated carbocycles. The maximum absolute atomic E-state index is 10.3. The van der Waals surface area contributed by atoms with E-state index >= 15 is 0 Å². The molecule has 0 radical (unpaired) electrons. The Balaban J connectivity index is 2.00. The quantitative estimate of drug-likeness (QED) is 0.868. The molecule has 0 spiro atoms. The maximum Gasteiger partial charge on any atom is 0.0790 e. The molecule has 2 rings (SSSR count). The van der Waals surface area contributed by atoms with Gasteiger partial charge in [0.1, 0.15) is 0 Å². The van der Waals surface area contributed by atoms with Gasteiger partial charge in [-0.3, -0.25) is 0 Å². The van der Waals surface area contributed by atoms with E-state index in [1.165, 1.54) is 24.1 Å². The Hall–Kier alpha value is -1.02. The summed E-state index contributed by atoms with van der Waals surface area (Å²) >= 11 is 0. The predicted molar refractivity (Wildman–Crippen MR) is 81.7 cm³/mol. The van der Waals surface area contributed by atoms with Crippen molar-refractivity contribution in [2.24, 2.45) is 5.92 Å². The first-order valence-electron chi connectivity index (χ1n) is 7.60. The number of anilines is 1. The smallest absolute Gasteiger partial charge is 0.0790 e. The topological polar surface area (TPSA) is 23.5 Å². The lowest BCUT2D eigenvalue weighted by molar-refractivity contribution is 0.162. The first kappa shape index (κ1) is 14.4. The van der Waals surface area contributed by atoms with Gasteiger partial charge < -0.3 is 10.0 Å². The van der Waals surface area contributed by atoms with Crippen molar-refractivity contribution in [3.05, 3.63) is 29.3 Å². The Morgan fingerprint density at radius 1 is 1.26 bits per heavy atom. The minimum Gasteiger partial charge on any atom is -0.388 e. The average molecular weight is 261 g/mol. The number of benzene rings is 1. The van der Waals surface area contributed by atoms with Crippen molar-refractivity contribution in [1.29, 1.82) is 0 Å². The molecule has 1 N–H and O–H groups in total. The van der Waals surface area contributed by atoms with Crippen molar-refractivity contribution in [3.8, 4) is 0 Å². The summed E-state index contributed by atoms with van der Waals surface area (Å²) in [4.78, 5) is 2.31. The van der Waals surface area contributed by atoms with Crippen molar-refractivity contribution >= 4 is 5.69 Å². The zero-order valence-electron chi connectivity index (χ0n) is 12.5. The Morgan fingerprint density at radius 3 is 2.79 bits per heavy atom. The molecule has 19 heavy (non-hydrogen) atoms. The molecule has 1 aliphatic heterocycles. The van der Waals surface area contributed by atoms with Gasteiger partial charge in [-0.1, -0.05) is 38.8 Å². The molecule has 2 heteroatoms. The number of hydrogen-bond donors (Lipinski definition) is 1. The van der Waals surface area contributed by atoms with E-state index in [0.717, 1.165) is 37.3 Å². The minimum atomic E-state index is -0.295. The van der Waals surface area contributed by atoms with Crippen LogP contribution in [-0.2, 0) is 6.42 Å². The van der Waals surface area contributed by atoms with Gasteiger partial charge in [0.2, 0.25) is 0 Å². The van der Waals surface area contributed by atoms with E-state index in [0.29, 0.717) is 0 Å². The highest BCUT2D eigenvalue weighted by Crippen LogP contribution is 2.30. The monoisotopic (exact) mass is 261 g/mol. The molecule has 1 aromatic carbocycles. The summed E-state index contributed by atoms with van der Waals surface area (Å²) in [5.41, 5.74) is 3.83. The second-order valence-electron chi connectivity index (χ2n) is 6.25. The fourth-order valence-electron chi connectivity index (χ4n) is 2.90. The summed E-state index contributed by atoms with van der Waals surface area (Å²) in [6, 6.07) is 6.49.